The van der Waals surface area contributed by atoms with Crippen molar-refractivity contribution in [3.63, 3.8) is 0 Å². The summed E-state index contributed by atoms with van der Waals surface area (Å²) in [7, 11) is 0. The average molecular weight is 2080 g/mol. The van der Waals surface area contributed by atoms with Crippen molar-refractivity contribution in [3.8, 4) is 84.4 Å². The van der Waals surface area contributed by atoms with Crippen LogP contribution in [0.15, 0.2) is 308 Å². The maximum absolute atomic E-state index is 11.8. The fourth-order valence-electron chi connectivity index (χ4n) is 12.2. The van der Waals surface area contributed by atoms with Crippen molar-refractivity contribution >= 4 is 94.3 Å². The number of halogens is 1. The van der Waals surface area contributed by atoms with E-state index in [4.69, 9.17) is 69.2 Å². The van der Waals surface area contributed by atoms with Gasteiger partial charge in [0.15, 0.2) is 0 Å². The molecular formula is C123H151BrO23. The van der Waals surface area contributed by atoms with E-state index >= 15 is 0 Å². The molecule has 788 valence electrons. The first-order valence-corrected chi connectivity index (χ1v) is 49.6. The first-order chi connectivity index (χ1) is 70.2. The maximum atomic E-state index is 11.8. The van der Waals surface area contributed by atoms with E-state index < -0.39 is 28.4 Å². The van der Waals surface area contributed by atoms with Gasteiger partial charge in [-0.2, -0.15) is 0 Å². The number of aliphatic hydroxyl groups is 1. The predicted octanol–water partition coefficient (Wildman–Crippen LogP) is 29.0. The minimum atomic E-state index is -0.959. The minimum Gasteiger partial charge on any atom is -0.508 e. The molecule has 0 amide bonds. The lowest BCUT2D eigenvalue weighted by Gasteiger charge is -2.17. The highest BCUT2D eigenvalue weighted by molar-refractivity contribution is 9.10. The fraction of sp³-hybridized carbons (Fsp3) is 0.325. The number of carbonyl (C=O) groups excluding carboxylic acids is 7. The zero-order valence-corrected chi connectivity index (χ0v) is 90.0. The van der Waals surface area contributed by atoms with Gasteiger partial charge in [-0.15, -0.1) is 0 Å². The number of phenols is 2. The highest BCUT2D eigenvalue weighted by atomic mass is 79.9. The standard InChI is InChI=1S/C29H36O5.C25H28O5.C25H32O4.C19H20O3.C12H9BrO.C7H12O2.C3H6O.C2H6.CH2O2/c1-22(2)28(31)33-21-9-7-6-8-20-32-26-17-15-25(16-18-26)24-13-10-23(11-14-24)12-19-27(30)34-29(3,4)5;1-19(2)25(28)30-18-6-4-3-5-17-29-23-14-12-22(13-15-23)21-10-7-20(8-11-21)9-16-24(26)27;1-25(2,3)29-24(27)17-10-20-8-11-21(12-9-20)22-13-15-23(16-14-22)28-19-7-5-4-6-18-26;1-19(2,3)22-18(21)13-6-14-4-7-15(8-5-14)16-9-11-17(20)12-10-16;13-11-5-1-9(2-6-11)10-3-7-12(14)8-4-10;1-5-6(8)9-7(2,3)4;1-3(2)4;1-2;2-1-3/h10-19H,1,6-9,20-21H2,2-5H3;7-16H,1,3-6,17-18H2,2H3,(H,26,27);8-17,26H,4-7,18-19H2,1-3H3;4-13,20H,1-3H3;1-8,14H;5H,1H2,2-4H3;1-2H3;1-2H3;1H,(H,2,3)/b19-12+;16-9+;17-10+;13-6+;;;;;/i;;;;;;1D;;. The number of aliphatic hydroxyl groups excluding tert-OH is 1. The van der Waals surface area contributed by atoms with Crippen LogP contribution in [0, 0.1) is 0 Å². The molecule has 0 aliphatic rings. The topological polar surface area (TPSA) is 338 Å². The number of phenolic OH excluding ortho intramolecular Hbond substituents is 2. The van der Waals surface area contributed by atoms with E-state index in [9.17, 15) is 43.5 Å². The van der Waals surface area contributed by atoms with E-state index in [1.807, 2.05) is 315 Å². The number of aliphatic carboxylic acids is 1. The number of hydrogen-bond acceptors (Lipinski definition) is 21. The quantitative estimate of drug-likeness (QED) is 0.00785. The molecule has 0 unspecified atom stereocenters. The highest BCUT2D eigenvalue weighted by Crippen LogP contribution is 2.30. The van der Waals surface area contributed by atoms with E-state index in [1.165, 1.54) is 25.2 Å². The second kappa shape index (κ2) is 71.7. The molecule has 0 bridgehead atoms. The molecule has 10 rings (SSSR count). The molecule has 0 aromatic heterocycles. The Morgan fingerprint density at radius 1 is 0.333 bits per heavy atom. The largest absolute Gasteiger partial charge is 0.508 e. The number of carboxylic acid groups (broad SMARTS) is 2. The predicted molar refractivity (Wildman–Crippen MR) is 595 cm³/mol. The lowest BCUT2D eigenvalue weighted by molar-refractivity contribution is -0.149. The third-order valence-electron chi connectivity index (χ3n) is 19.0. The smallest absolute Gasteiger partial charge is 0.333 e. The molecule has 0 spiro atoms. The first-order valence-electron chi connectivity index (χ1n) is 49.5. The van der Waals surface area contributed by atoms with Gasteiger partial charge in [0.25, 0.3) is 6.47 Å². The number of hydrogen-bond donors (Lipinski definition) is 5. The van der Waals surface area contributed by atoms with Gasteiger partial charge in [0, 0.05) is 54.0 Å². The Kier molecular flexibility index (Phi) is 61.6. The third-order valence-corrected chi connectivity index (χ3v) is 19.5. The Morgan fingerprint density at radius 2 is 0.537 bits per heavy atom. The number of carbonyl (C=O) groups is 9. The van der Waals surface area contributed by atoms with Crippen LogP contribution in [0.3, 0.4) is 0 Å². The number of unbranched alkanes of at least 4 members (excludes halogenated alkanes) is 9. The molecule has 0 heterocycles. The third kappa shape index (κ3) is 63.9. The van der Waals surface area contributed by atoms with Crippen LogP contribution in [0.2, 0.25) is 0 Å². The Hall–Kier alpha value is -14.8. The van der Waals surface area contributed by atoms with Gasteiger partial charge in [-0.3, -0.25) is 4.79 Å². The Morgan fingerprint density at radius 3 is 0.741 bits per heavy atom. The van der Waals surface area contributed by atoms with Crippen molar-refractivity contribution in [1.82, 2.24) is 0 Å². The van der Waals surface area contributed by atoms with Crippen molar-refractivity contribution < 1.29 is 113 Å². The van der Waals surface area contributed by atoms with E-state index in [-0.39, 0.29) is 67.3 Å². The lowest BCUT2D eigenvalue weighted by Crippen LogP contribution is -2.22. The average Bonchev–Trinajstić information content (AvgIpc) is 0.859. The number of ether oxygens (including phenoxy) is 9. The summed E-state index contributed by atoms with van der Waals surface area (Å²) in [4.78, 5) is 96.8. The molecule has 0 aliphatic carbocycles. The second-order valence-corrected chi connectivity index (χ2v) is 37.7. The van der Waals surface area contributed by atoms with Crippen LogP contribution in [0.25, 0.3) is 79.9 Å². The Labute approximate surface area is 880 Å². The van der Waals surface area contributed by atoms with Gasteiger partial charge in [-0.25, -0.2) is 33.6 Å². The summed E-state index contributed by atoms with van der Waals surface area (Å²) in [5.41, 5.74) is 13.5. The molecule has 23 nitrogen and oxygen atoms in total. The van der Waals surface area contributed by atoms with Crippen LogP contribution in [-0.2, 0) is 71.6 Å². The van der Waals surface area contributed by atoms with Crippen molar-refractivity contribution in [2.24, 2.45) is 0 Å². The molecule has 0 radical (unpaired) electrons. The van der Waals surface area contributed by atoms with Gasteiger partial charge in [0.1, 0.15) is 56.9 Å². The highest BCUT2D eigenvalue weighted by Gasteiger charge is 2.18. The summed E-state index contributed by atoms with van der Waals surface area (Å²) in [6.07, 6.45) is 25.0. The van der Waals surface area contributed by atoms with Crippen molar-refractivity contribution in [2.45, 2.75) is 224 Å². The number of Topliss-reactive ketones (excluding diaryl/α,β-unsaturated/α-hetero) is 1. The lowest BCUT2D eigenvalue weighted by atomic mass is 10.0. The minimum absolute atomic E-state index is 0.0787. The molecule has 5 N–H and O–H groups in total. The van der Waals surface area contributed by atoms with E-state index in [0.717, 1.165) is 189 Å². The number of benzene rings is 10. The van der Waals surface area contributed by atoms with Crippen LogP contribution < -0.4 is 14.2 Å². The SMILES string of the molecule is C=C(C)C(=O)OCCCCCCOc1ccc(-c2ccc(/C=C/C(=O)O)cc2)cc1.C=C(C)C(=O)OCCCCCCOc1ccc(-c2ccc(/C=C/C(=O)OC(C)(C)C)cc2)cc1.C=CC(=O)OC(C)(C)C.CC.CC(C)(C)OC(=O)/C=C/c1ccc(-c2ccc(O)cc2)cc1.CC(C)(C)OC(=O)/C=C/c1ccc(-c2ccc(OCCCCCCO)cc2)cc1.O=CO.Oc1ccc(-c2ccc(Br)cc2)cc1.[2H]CC(C)=O. The molecule has 147 heavy (non-hydrogen) atoms. The molecule has 0 aliphatic heterocycles. The first kappa shape index (κ1) is 126. The maximum Gasteiger partial charge on any atom is 0.333 e. The summed E-state index contributed by atoms with van der Waals surface area (Å²) in [6, 6.07) is 77.9. The van der Waals surface area contributed by atoms with Crippen LogP contribution in [0.4, 0.5) is 0 Å². The number of carboxylic acids is 1. The van der Waals surface area contributed by atoms with E-state index in [2.05, 4.69) is 35.7 Å². The van der Waals surface area contributed by atoms with Crippen LogP contribution in [-0.4, -0.2) is 142 Å². The molecule has 0 atom stereocenters. The molecular weight excluding hydrogens is 1930 g/mol. The van der Waals surface area contributed by atoms with Gasteiger partial charge in [0.2, 0.25) is 0 Å². The number of aromatic hydroxyl groups is 2. The number of rotatable bonds is 39. The Balaban J connectivity index is 0.000000607. The molecule has 0 fully saturated rings. The van der Waals surface area contributed by atoms with Crippen LogP contribution >= 0.6 is 15.9 Å². The molecule has 10 aromatic carbocycles. The Bertz CT molecular complexity index is 5660. The van der Waals surface area contributed by atoms with Gasteiger partial charge in [0.05, 0.1) is 33.0 Å². The van der Waals surface area contributed by atoms with Crippen molar-refractivity contribution in [1.29, 1.82) is 0 Å². The van der Waals surface area contributed by atoms with Crippen molar-refractivity contribution in [3.05, 3.63) is 331 Å². The molecule has 10 aromatic rings. The summed E-state index contributed by atoms with van der Waals surface area (Å²) in [6.45, 7) is 43.9. The second-order valence-electron chi connectivity index (χ2n) is 36.8. The summed E-state index contributed by atoms with van der Waals surface area (Å²) >= 11 is 3.39. The number of ketones is 1. The van der Waals surface area contributed by atoms with Gasteiger partial charge in [-0.05, 0) is 356 Å². The monoisotopic (exact) mass is 2080 g/mol. The molecule has 0 saturated heterocycles. The number of esters is 6. The molecule has 24 heteroatoms. The van der Waals surface area contributed by atoms with E-state index in [0.29, 0.717) is 49.9 Å². The van der Waals surface area contributed by atoms with Gasteiger partial charge >= 0.3 is 41.8 Å². The fourth-order valence-corrected chi connectivity index (χ4v) is 12.4. The van der Waals surface area contributed by atoms with Crippen LogP contribution in [0.1, 0.15) is 225 Å². The van der Waals surface area contributed by atoms with E-state index in [1.54, 1.807) is 62.4 Å². The van der Waals surface area contributed by atoms with Crippen LogP contribution in [0.5, 0.6) is 28.7 Å². The van der Waals surface area contributed by atoms with Gasteiger partial charge in [-0.1, -0.05) is 226 Å². The van der Waals surface area contributed by atoms with Crippen molar-refractivity contribution in [2.75, 3.05) is 39.6 Å². The van der Waals surface area contributed by atoms with Gasteiger partial charge < -0.3 is 73.0 Å². The summed E-state index contributed by atoms with van der Waals surface area (Å²) in [5, 5.41) is 42.8. The zero-order chi connectivity index (χ0) is 110. The summed E-state index contributed by atoms with van der Waals surface area (Å²) in [5.74, 6) is -0.0146. The molecule has 0 saturated carbocycles. The zero-order valence-electron chi connectivity index (χ0n) is 89.4. The summed E-state index contributed by atoms with van der Waals surface area (Å²) < 4.78 is 55.5. The normalized spacial score (nSPS) is 10.8.